The van der Waals surface area contributed by atoms with Gasteiger partial charge in [-0.15, -0.1) is 0 Å². The lowest BCUT2D eigenvalue weighted by molar-refractivity contribution is 0.286. The predicted molar refractivity (Wildman–Crippen MR) is 45.4 cm³/mol. The van der Waals surface area contributed by atoms with Crippen molar-refractivity contribution in [2.45, 2.75) is 13.8 Å². The van der Waals surface area contributed by atoms with Crippen LogP contribution in [0.2, 0.25) is 0 Å². The second kappa shape index (κ2) is 4.59. The molecule has 1 heterocycles. The molecule has 0 aliphatic rings. The predicted octanol–water partition coefficient (Wildman–Crippen LogP) is 1.68. The third-order valence-electron chi connectivity index (χ3n) is 1.28. The topological polar surface area (TPSA) is 31.4 Å². The summed E-state index contributed by atoms with van der Waals surface area (Å²) >= 11 is 0. The van der Waals surface area contributed by atoms with Crippen LogP contribution in [-0.2, 0) is 0 Å². The molecule has 0 saturated carbocycles. The first-order chi connectivity index (χ1) is 5.88. The van der Waals surface area contributed by atoms with Gasteiger partial charge in [-0.1, -0.05) is 0 Å². The molecule has 0 spiro atoms. The largest absolute Gasteiger partial charge is 0.490 e. The Labute approximate surface area is 72.3 Å². The zero-order valence-electron chi connectivity index (χ0n) is 7.33. The van der Waals surface area contributed by atoms with Crippen molar-refractivity contribution in [3.05, 3.63) is 18.5 Å². The van der Waals surface area contributed by atoms with Crippen LogP contribution in [0, 0.1) is 6.20 Å². The lowest BCUT2D eigenvalue weighted by Crippen LogP contribution is -1.98. The standard InChI is InChI=1S/C9H12NO2/c1-3-11-8-5-6-10-7-9(8)12-4-2/h5-6H,3-4H2,1-2H3. The van der Waals surface area contributed by atoms with Gasteiger partial charge in [0.25, 0.3) is 0 Å². The van der Waals surface area contributed by atoms with Crippen LogP contribution in [0.3, 0.4) is 0 Å². The molecule has 1 rings (SSSR count). The number of rotatable bonds is 4. The summed E-state index contributed by atoms with van der Waals surface area (Å²) in [6, 6.07) is 1.77. The van der Waals surface area contributed by atoms with Gasteiger partial charge in [0.05, 0.1) is 13.2 Å². The van der Waals surface area contributed by atoms with Gasteiger partial charge in [-0.05, 0) is 13.8 Å². The van der Waals surface area contributed by atoms with Crippen molar-refractivity contribution in [1.29, 1.82) is 0 Å². The van der Waals surface area contributed by atoms with Crippen LogP contribution < -0.4 is 9.47 Å². The van der Waals surface area contributed by atoms with Crippen molar-refractivity contribution in [1.82, 2.24) is 4.98 Å². The highest BCUT2D eigenvalue weighted by atomic mass is 16.5. The maximum Gasteiger partial charge on any atom is 0.189 e. The quantitative estimate of drug-likeness (QED) is 0.682. The van der Waals surface area contributed by atoms with Crippen molar-refractivity contribution >= 4 is 0 Å². The highest BCUT2D eigenvalue weighted by molar-refractivity contribution is 5.35. The molecule has 0 fully saturated rings. The molecule has 65 valence electrons. The van der Waals surface area contributed by atoms with E-state index in [4.69, 9.17) is 9.47 Å². The molecule has 3 heteroatoms. The Hall–Kier alpha value is -1.25. The van der Waals surface area contributed by atoms with E-state index < -0.39 is 0 Å². The van der Waals surface area contributed by atoms with Crippen molar-refractivity contribution in [2.75, 3.05) is 13.2 Å². The monoisotopic (exact) mass is 166 g/mol. The number of hydrogen-bond donors (Lipinski definition) is 0. The van der Waals surface area contributed by atoms with Gasteiger partial charge in [0, 0.05) is 12.3 Å². The zero-order chi connectivity index (χ0) is 8.81. The van der Waals surface area contributed by atoms with E-state index in [1.165, 1.54) is 0 Å². The average molecular weight is 166 g/mol. The van der Waals surface area contributed by atoms with Gasteiger partial charge >= 0.3 is 0 Å². The van der Waals surface area contributed by atoms with E-state index in [0.29, 0.717) is 24.7 Å². The van der Waals surface area contributed by atoms with Crippen LogP contribution in [0.4, 0.5) is 0 Å². The molecule has 0 aromatic carbocycles. The Kier molecular flexibility index (Phi) is 3.38. The number of pyridine rings is 1. The normalized spacial score (nSPS) is 9.50. The molecule has 1 radical (unpaired) electrons. The first-order valence-electron chi connectivity index (χ1n) is 4.00. The maximum atomic E-state index is 5.29. The first-order valence-corrected chi connectivity index (χ1v) is 4.00. The summed E-state index contributed by atoms with van der Waals surface area (Å²) in [4.78, 5) is 3.82. The van der Waals surface area contributed by atoms with E-state index in [-0.39, 0.29) is 0 Å². The molecule has 0 saturated heterocycles. The first kappa shape index (κ1) is 8.84. The fraction of sp³-hybridized carbons (Fsp3) is 0.444. The lowest BCUT2D eigenvalue weighted by atomic mass is 10.4. The van der Waals surface area contributed by atoms with Crippen LogP contribution in [0.15, 0.2) is 12.3 Å². The smallest absolute Gasteiger partial charge is 0.189 e. The molecule has 0 aliphatic carbocycles. The third-order valence-corrected chi connectivity index (χ3v) is 1.28. The Morgan fingerprint density at radius 3 is 2.75 bits per heavy atom. The molecular weight excluding hydrogens is 154 g/mol. The minimum absolute atomic E-state index is 0.585. The van der Waals surface area contributed by atoms with E-state index in [9.17, 15) is 0 Å². The fourth-order valence-electron chi connectivity index (χ4n) is 0.849. The Bertz CT molecular complexity index is 213. The molecule has 0 unspecified atom stereocenters. The van der Waals surface area contributed by atoms with E-state index >= 15 is 0 Å². The maximum absolute atomic E-state index is 5.29. The summed E-state index contributed by atoms with van der Waals surface area (Å²) < 4.78 is 10.5. The van der Waals surface area contributed by atoms with Crippen LogP contribution in [0.1, 0.15) is 13.8 Å². The number of ether oxygens (including phenoxy) is 2. The number of nitrogens with zero attached hydrogens (tertiary/aromatic N) is 1. The van der Waals surface area contributed by atoms with E-state index in [1.54, 1.807) is 12.3 Å². The molecular formula is C9H12NO2. The minimum Gasteiger partial charge on any atom is -0.490 e. The van der Waals surface area contributed by atoms with Gasteiger partial charge in [-0.3, -0.25) is 4.98 Å². The molecule has 0 N–H and O–H groups in total. The molecule has 0 aliphatic heterocycles. The molecule has 12 heavy (non-hydrogen) atoms. The molecule has 1 aromatic rings. The minimum atomic E-state index is 0.585. The van der Waals surface area contributed by atoms with Crippen LogP contribution in [-0.4, -0.2) is 18.2 Å². The van der Waals surface area contributed by atoms with E-state index in [1.807, 2.05) is 13.8 Å². The summed E-state index contributed by atoms with van der Waals surface area (Å²) in [5.41, 5.74) is 0. The molecule has 0 atom stereocenters. The van der Waals surface area contributed by atoms with E-state index in [2.05, 4.69) is 11.2 Å². The SMILES string of the molecule is CCOc1[c]nccc1OCC. The second-order valence-electron chi connectivity index (χ2n) is 2.12. The fourth-order valence-corrected chi connectivity index (χ4v) is 0.849. The van der Waals surface area contributed by atoms with Crippen LogP contribution >= 0.6 is 0 Å². The Balaban J connectivity index is 2.77. The number of hydrogen-bond acceptors (Lipinski definition) is 3. The van der Waals surface area contributed by atoms with Crippen molar-refractivity contribution in [3.63, 3.8) is 0 Å². The highest BCUT2D eigenvalue weighted by Gasteiger charge is 2.02. The average Bonchev–Trinajstić information content (AvgIpc) is 2.09. The summed E-state index contributed by atoms with van der Waals surface area (Å²) in [6.07, 6.45) is 4.36. The highest BCUT2D eigenvalue weighted by Crippen LogP contribution is 2.24. The van der Waals surface area contributed by atoms with Crippen LogP contribution in [0.25, 0.3) is 0 Å². The van der Waals surface area contributed by atoms with Crippen molar-refractivity contribution in [3.8, 4) is 11.5 Å². The lowest BCUT2D eigenvalue weighted by Gasteiger charge is -2.08. The Morgan fingerprint density at radius 2 is 2.08 bits per heavy atom. The zero-order valence-corrected chi connectivity index (χ0v) is 7.33. The van der Waals surface area contributed by atoms with E-state index in [0.717, 1.165) is 0 Å². The van der Waals surface area contributed by atoms with Gasteiger partial charge in [-0.2, -0.15) is 0 Å². The summed E-state index contributed by atoms with van der Waals surface area (Å²) in [5.74, 6) is 1.29. The van der Waals surface area contributed by atoms with Gasteiger partial charge in [-0.25, -0.2) is 0 Å². The third kappa shape index (κ3) is 2.12. The van der Waals surface area contributed by atoms with Gasteiger partial charge in [0.1, 0.15) is 6.20 Å². The molecule has 3 nitrogen and oxygen atoms in total. The van der Waals surface area contributed by atoms with Gasteiger partial charge in [0.15, 0.2) is 11.5 Å². The molecule has 0 amide bonds. The summed E-state index contributed by atoms with van der Waals surface area (Å²) in [7, 11) is 0. The van der Waals surface area contributed by atoms with Gasteiger partial charge in [0.2, 0.25) is 0 Å². The Morgan fingerprint density at radius 1 is 1.33 bits per heavy atom. The van der Waals surface area contributed by atoms with Crippen LogP contribution in [0.5, 0.6) is 11.5 Å². The van der Waals surface area contributed by atoms with Gasteiger partial charge < -0.3 is 9.47 Å². The molecule has 1 aromatic heterocycles. The summed E-state index contributed by atoms with van der Waals surface area (Å²) in [6.45, 7) is 5.06. The van der Waals surface area contributed by atoms with Crippen molar-refractivity contribution in [2.24, 2.45) is 0 Å². The second-order valence-corrected chi connectivity index (χ2v) is 2.12. The number of aromatic nitrogens is 1. The molecule has 0 bridgehead atoms. The van der Waals surface area contributed by atoms with Crippen molar-refractivity contribution < 1.29 is 9.47 Å². The summed E-state index contributed by atoms with van der Waals surface area (Å²) in [5, 5.41) is 0.